The lowest BCUT2D eigenvalue weighted by atomic mass is 9.81. The van der Waals surface area contributed by atoms with Crippen molar-refractivity contribution >= 4 is 22.9 Å². The van der Waals surface area contributed by atoms with Crippen LogP contribution in [0.15, 0.2) is 72.6 Å². The summed E-state index contributed by atoms with van der Waals surface area (Å²) in [5, 5.41) is 13.6. The Hall–Kier alpha value is -3.42. The van der Waals surface area contributed by atoms with Crippen LogP contribution in [-0.2, 0) is 18.3 Å². The summed E-state index contributed by atoms with van der Waals surface area (Å²) < 4.78 is 0. The van der Waals surface area contributed by atoms with E-state index in [1.807, 2.05) is 42.0 Å². The summed E-state index contributed by atoms with van der Waals surface area (Å²) >= 11 is 7.71. The van der Waals surface area contributed by atoms with E-state index in [2.05, 4.69) is 32.9 Å². The Balaban J connectivity index is 1.66. The van der Waals surface area contributed by atoms with Gasteiger partial charge in [-0.3, -0.25) is 4.98 Å². The number of phenols is 1. The van der Waals surface area contributed by atoms with Gasteiger partial charge < -0.3 is 15.1 Å². The fourth-order valence-corrected chi connectivity index (χ4v) is 4.98. The molecule has 166 valence electrons. The van der Waals surface area contributed by atoms with Crippen LogP contribution < -0.4 is 0 Å². The van der Waals surface area contributed by atoms with E-state index in [-0.39, 0.29) is 11.2 Å². The number of rotatable bonds is 7. The van der Waals surface area contributed by atoms with Gasteiger partial charge in [-0.25, -0.2) is 9.97 Å². The van der Waals surface area contributed by atoms with Crippen LogP contribution in [0.3, 0.4) is 0 Å². The molecular weight excluding hydrogens is 454 g/mol. The first-order chi connectivity index (χ1) is 16.0. The molecule has 0 radical (unpaired) electrons. The van der Waals surface area contributed by atoms with Crippen molar-refractivity contribution in [3.63, 3.8) is 0 Å². The smallest absolute Gasteiger partial charge is 0.134 e. The molecule has 0 amide bonds. The van der Waals surface area contributed by atoms with Gasteiger partial charge in [-0.15, -0.1) is 11.3 Å². The standard InChI is InChI=1S/C25H22ClN5OS/c1-25(14-18-3-2-8-28-18,15-21-29-11-12-33-21)24-30-22(16-6-9-27-10-7-16)23(31-24)17-4-5-19(26)20(32)13-17/h2-13,28,32H,14-15H2,1H3,(H,30,31). The number of halogens is 1. The largest absolute Gasteiger partial charge is 0.506 e. The zero-order valence-electron chi connectivity index (χ0n) is 17.9. The summed E-state index contributed by atoms with van der Waals surface area (Å²) in [7, 11) is 0. The number of imidazole rings is 1. The number of hydrogen-bond donors (Lipinski definition) is 3. The first-order valence-corrected chi connectivity index (χ1v) is 11.8. The van der Waals surface area contributed by atoms with Crippen molar-refractivity contribution in [3.05, 3.63) is 94.2 Å². The van der Waals surface area contributed by atoms with Crippen LogP contribution in [-0.4, -0.2) is 30.0 Å². The number of phenolic OH excluding ortho intramolecular Hbond substituents is 1. The minimum Gasteiger partial charge on any atom is -0.506 e. The Labute approximate surface area is 200 Å². The van der Waals surface area contributed by atoms with E-state index in [4.69, 9.17) is 16.6 Å². The van der Waals surface area contributed by atoms with E-state index in [9.17, 15) is 5.11 Å². The van der Waals surface area contributed by atoms with Crippen molar-refractivity contribution in [2.24, 2.45) is 0 Å². The van der Waals surface area contributed by atoms with Crippen LogP contribution in [0.25, 0.3) is 22.5 Å². The Morgan fingerprint density at radius 2 is 1.91 bits per heavy atom. The van der Waals surface area contributed by atoms with Gasteiger partial charge >= 0.3 is 0 Å². The number of benzene rings is 1. The number of aromatic nitrogens is 5. The van der Waals surface area contributed by atoms with Crippen LogP contribution in [0.1, 0.15) is 23.4 Å². The van der Waals surface area contributed by atoms with E-state index in [1.54, 1.807) is 35.9 Å². The number of hydrogen-bond acceptors (Lipinski definition) is 5. The molecule has 1 unspecified atom stereocenters. The summed E-state index contributed by atoms with van der Waals surface area (Å²) in [5.41, 5.74) is 4.14. The minimum atomic E-state index is -0.350. The Kier molecular flexibility index (Phi) is 5.74. The normalized spacial score (nSPS) is 13.2. The monoisotopic (exact) mass is 475 g/mol. The summed E-state index contributed by atoms with van der Waals surface area (Å²) in [6.07, 6.45) is 8.78. The first-order valence-electron chi connectivity index (χ1n) is 10.5. The van der Waals surface area contributed by atoms with Gasteiger partial charge in [0.05, 0.1) is 21.4 Å². The second-order valence-corrected chi connectivity index (χ2v) is 9.63. The highest BCUT2D eigenvalue weighted by Gasteiger charge is 2.34. The molecule has 4 aromatic heterocycles. The fraction of sp³-hybridized carbons (Fsp3) is 0.160. The SMILES string of the molecule is CC(Cc1ccc[nH]1)(Cc1nccs1)c1nc(-c2ccc(Cl)c(O)c2)c(-c2ccncc2)[nH]1. The Morgan fingerprint density at radius 1 is 1.06 bits per heavy atom. The highest BCUT2D eigenvalue weighted by molar-refractivity contribution is 7.09. The average molecular weight is 476 g/mol. The van der Waals surface area contributed by atoms with Gasteiger partial charge in [0.15, 0.2) is 0 Å². The number of H-pyrrole nitrogens is 2. The number of nitrogens with zero attached hydrogens (tertiary/aromatic N) is 3. The molecule has 0 bridgehead atoms. The predicted molar refractivity (Wildman–Crippen MR) is 132 cm³/mol. The third kappa shape index (κ3) is 4.42. The highest BCUT2D eigenvalue weighted by atomic mass is 35.5. The van der Waals surface area contributed by atoms with Crippen LogP contribution >= 0.6 is 22.9 Å². The lowest BCUT2D eigenvalue weighted by Crippen LogP contribution is -2.29. The Morgan fingerprint density at radius 3 is 2.61 bits per heavy atom. The van der Waals surface area contributed by atoms with Crippen molar-refractivity contribution in [1.82, 2.24) is 24.9 Å². The molecule has 4 heterocycles. The summed E-state index contributed by atoms with van der Waals surface area (Å²) in [6.45, 7) is 2.20. The molecule has 1 aromatic carbocycles. The topological polar surface area (TPSA) is 90.5 Å². The molecule has 6 nitrogen and oxygen atoms in total. The molecule has 0 saturated heterocycles. The molecule has 3 N–H and O–H groups in total. The third-order valence-electron chi connectivity index (χ3n) is 5.73. The molecule has 0 aliphatic rings. The summed E-state index contributed by atoms with van der Waals surface area (Å²) in [4.78, 5) is 20.7. The molecule has 0 aliphatic heterocycles. The molecule has 8 heteroatoms. The van der Waals surface area contributed by atoms with Gasteiger partial charge in [0.25, 0.3) is 0 Å². The van der Waals surface area contributed by atoms with Crippen LogP contribution in [0.5, 0.6) is 5.75 Å². The average Bonchev–Trinajstić information content (AvgIpc) is 3.58. The number of pyridine rings is 1. The zero-order valence-corrected chi connectivity index (χ0v) is 19.5. The number of thiazole rings is 1. The molecule has 0 spiro atoms. The minimum absolute atomic E-state index is 0.0244. The maximum Gasteiger partial charge on any atom is 0.134 e. The summed E-state index contributed by atoms with van der Waals surface area (Å²) in [6, 6.07) is 13.2. The lowest BCUT2D eigenvalue weighted by molar-refractivity contribution is 0.435. The molecular formula is C25H22ClN5OS. The van der Waals surface area contributed by atoms with Gasteiger partial charge in [0.2, 0.25) is 0 Å². The van der Waals surface area contributed by atoms with Crippen LogP contribution in [0.2, 0.25) is 5.02 Å². The predicted octanol–water partition coefficient (Wildman–Crippen LogP) is 6.03. The van der Waals surface area contributed by atoms with Crippen molar-refractivity contribution in [2.75, 3.05) is 0 Å². The quantitative estimate of drug-likeness (QED) is 0.268. The molecule has 5 rings (SSSR count). The second-order valence-electron chi connectivity index (χ2n) is 8.25. The second kappa shape index (κ2) is 8.84. The van der Waals surface area contributed by atoms with Gasteiger partial charge in [0.1, 0.15) is 11.6 Å². The molecule has 33 heavy (non-hydrogen) atoms. The van der Waals surface area contributed by atoms with Gasteiger partial charge in [-0.05, 0) is 36.4 Å². The molecule has 0 aliphatic carbocycles. The highest BCUT2D eigenvalue weighted by Crippen LogP contribution is 2.38. The van der Waals surface area contributed by atoms with Gasteiger partial charge in [-0.2, -0.15) is 0 Å². The number of aromatic hydroxyl groups is 1. The summed E-state index contributed by atoms with van der Waals surface area (Å²) in [5.74, 6) is 0.875. The maximum atomic E-state index is 10.2. The van der Waals surface area contributed by atoms with Crippen molar-refractivity contribution in [2.45, 2.75) is 25.2 Å². The molecule has 5 aromatic rings. The maximum absolute atomic E-state index is 10.2. The lowest BCUT2D eigenvalue weighted by Gasteiger charge is -2.26. The van der Waals surface area contributed by atoms with E-state index in [1.165, 1.54) is 0 Å². The van der Waals surface area contributed by atoms with Gasteiger partial charge in [-0.1, -0.05) is 24.6 Å². The number of nitrogens with one attached hydrogen (secondary N) is 2. The number of aromatic amines is 2. The van der Waals surface area contributed by atoms with Crippen molar-refractivity contribution < 1.29 is 5.11 Å². The Bertz CT molecular complexity index is 1310. The van der Waals surface area contributed by atoms with Crippen molar-refractivity contribution in [3.8, 4) is 28.3 Å². The molecule has 0 fully saturated rings. The van der Waals surface area contributed by atoms with Crippen LogP contribution in [0.4, 0.5) is 0 Å². The molecule has 0 saturated carbocycles. The van der Waals surface area contributed by atoms with E-state index < -0.39 is 0 Å². The van der Waals surface area contributed by atoms with E-state index in [0.29, 0.717) is 5.02 Å². The van der Waals surface area contributed by atoms with Crippen LogP contribution in [0, 0.1) is 0 Å². The van der Waals surface area contributed by atoms with E-state index in [0.717, 1.165) is 51.9 Å². The third-order valence-corrected chi connectivity index (χ3v) is 6.83. The van der Waals surface area contributed by atoms with E-state index >= 15 is 0 Å². The fourth-order valence-electron chi connectivity index (χ4n) is 4.06. The zero-order chi connectivity index (χ0) is 22.8. The molecule has 1 atom stereocenters. The first kappa shape index (κ1) is 21.4. The van der Waals surface area contributed by atoms with Gasteiger partial charge in [0, 0.05) is 65.2 Å². The van der Waals surface area contributed by atoms with Crippen molar-refractivity contribution in [1.29, 1.82) is 0 Å².